The molecule has 3 aromatic carbocycles. The number of amides is 3. The molecule has 3 aliphatic heterocycles. The second-order valence-electron chi connectivity index (χ2n) is 12.8. The van der Waals surface area contributed by atoms with Crippen LogP contribution in [0.15, 0.2) is 91.0 Å². The Morgan fingerprint density at radius 1 is 0.689 bits per heavy atom. The Kier molecular flexibility index (Phi) is 9.64. The minimum Gasteiger partial charge on any atom is -0.354 e. The van der Waals surface area contributed by atoms with E-state index in [1.54, 1.807) is 4.90 Å². The molecule has 0 aromatic heterocycles. The van der Waals surface area contributed by atoms with E-state index in [0.717, 1.165) is 62.0 Å². The van der Waals surface area contributed by atoms with E-state index in [0.29, 0.717) is 38.4 Å². The van der Waals surface area contributed by atoms with Gasteiger partial charge >= 0.3 is 0 Å². The normalized spacial score (nSPS) is 22.4. The second-order valence-corrected chi connectivity index (χ2v) is 12.8. The Balaban J connectivity index is 1.27. The molecule has 3 fully saturated rings. The number of benzene rings is 3. The Bertz CT molecular complexity index is 1350. The van der Waals surface area contributed by atoms with Crippen LogP contribution in [0.1, 0.15) is 62.1 Å². The lowest BCUT2D eigenvalue weighted by molar-refractivity contribution is -0.147. The van der Waals surface area contributed by atoms with Crippen molar-refractivity contribution in [1.29, 1.82) is 0 Å². The van der Waals surface area contributed by atoms with Crippen molar-refractivity contribution in [1.82, 2.24) is 20.0 Å². The molecule has 3 aromatic rings. The molecule has 3 amide bonds. The standard InChI is InChI=1S/C38H46N4O3/c1-2-40-24-12-15-29(28-40)27-39-35(43)33-22-13-25-41(33)36(44)34-23-14-26-42(34)37(45)38(30-16-6-3-7-17-30,31-18-8-4-9-19-31)32-20-10-5-11-21-32/h3-11,16-21,29,33-34H,2,12-15,22-28H2,1H3,(H,39,43)/t29-,33-,34+/m1/s1. The van der Waals surface area contributed by atoms with E-state index < -0.39 is 17.5 Å². The van der Waals surface area contributed by atoms with Gasteiger partial charge in [-0.25, -0.2) is 0 Å². The van der Waals surface area contributed by atoms with E-state index in [1.165, 1.54) is 0 Å². The van der Waals surface area contributed by atoms with E-state index >= 15 is 4.79 Å². The minimum absolute atomic E-state index is 0.0578. The number of hydrogen-bond donors (Lipinski definition) is 1. The average molecular weight is 607 g/mol. The molecule has 7 heteroatoms. The van der Waals surface area contributed by atoms with Gasteiger partial charge in [-0.05, 0) is 74.2 Å². The van der Waals surface area contributed by atoms with Crippen molar-refractivity contribution >= 4 is 17.7 Å². The summed E-state index contributed by atoms with van der Waals surface area (Å²) in [5.41, 5.74) is 1.48. The zero-order chi connectivity index (χ0) is 31.2. The van der Waals surface area contributed by atoms with E-state index in [4.69, 9.17) is 0 Å². The second kappa shape index (κ2) is 14.0. The summed E-state index contributed by atoms with van der Waals surface area (Å²) < 4.78 is 0. The molecule has 0 unspecified atom stereocenters. The molecule has 0 radical (unpaired) electrons. The summed E-state index contributed by atoms with van der Waals surface area (Å²) >= 11 is 0. The van der Waals surface area contributed by atoms with Gasteiger partial charge in [0.25, 0.3) is 0 Å². The third-order valence-corrected chi connectivity index (χ3v) is 10.2. The van der Waals surface area contributed by atoms with Crippen LogP contribution >= 0.6 is 0 Å². The van der Waals surface area contributed by atoms with Gasteiger partial charge < -0.3 is 20.0 Å². The Hall–Kier alpha value is -3.97. The summed E-state index contributed by atoms with van der Waals surface area (Å²) in [7, 11) is 0. The maximum Gasteiger partial charge on any atom is 0.246 e. The maximum absolute atomic E-state index is 15.2. The number of hydrogen-bond acceptors (Lipinski definition) is 4. The molecule has 3 aliphatic rings. The van der Waals surface area contributed by atoms with Crippen molar-refractivity contribution < 1.29 is 14.4 Å². The Labute approximate surface area is 267 Å². The van der Waals surface area contributed by atoms with E-state index in [1.807, 2.05) is 95.9 Å². The molecule has 0 aliphatic carbocycles. The number of piperidine rings is 1. The number of carbonyl (C=O) groups excluding carboxylic acids is 3. The van der Waals surface area contributed by atoms with Crippen molar-refractivity contribution in [2.45, 2.75) is 62.9 Å². The molecule has 1 N–H and O–H groups in total. The lowest BCUT2D eigenvalue weighted by Gasteiger charge is -2.40. The molecule has 45 heavy (non-hydrogen) atoms. The van der Waals surface area contributed by atoms with Crippen LogP contribution in [0.4, 0.5) is 0 Å². The zero-order valence-electron chi connectivity index (χ0n) is 26.4. The van der Waals surface area contributed by atoms with Crippen LogP contribution in [0, 0.1) is 5.92 Å². The van der Waals surface area contributed by atoms with Gasteiger partial charge in [0, 0.05) is 26.2 Å². The van der Waals surface area contributed by atoms with Gasteiger partial charge in [-0.3, -0.25) is 14.4 Å². The highest BCUT2D eigenvalue weighted by atomic mass is 16.2. The topological polar surface area (TPSA) is 73.0 Å². The van der Waals surface area contributed by atoms with Gasteiger partial charge in [0.15, 0.2) is 0 Å². The van der Waals surface area contributed by atoms with Crippen LogP contribution in [0.3, 0.4) is 0 Å². The molecule has 7 nitrogen and oxygen atoms in total. The van der Waals surface area contributed by atoms with Gasteiger partial charge in [0.05, 0.1) is 0 Å². The minimum atomic E-state index is -1.12. The van der Waals surface area contributed by atoms with Gasteiger partial charge in [0.2, 0.25) is 17.7 Å². The summed E-state index contributed by atoms with van der Waals surface area (Å²) in [5.74, 6) is 0.187. The van der Waals surface area contributed by atoms with Crippen LogP contribution in [0.25, 0.3) is 0 Å². The van der Waals surface area contributed by atoms with Crippen molar-refractivity contribution in [3.05, 3.63) is 108 Å². The molecule has 236 valence electrons. The first-order valence-electron chi connectivity index (χ1n) is 16.8. The van der Waals surface area contributed by atoms with E-state index in [2.05, 4.69) is 17.1 Å². The van der Waals surface area contributed by atoms with Gasteiger partial charge in [-0.15, -0.1) is 0 Å². The van der Waals surface area contributed by atoms with Crippen molar-refractivity contribution in [2.24, 2.45) is 5.92 Å². The highest BCUT2D eigenvalue weighted by Crippen LogP contribution is 2.42. The monoisotopic (exact) mass is 606 g/mol. The third-order valence-electron chi connectivity index (χ3n) is 10.2. The Morgan fingerprint density at radius 2 is 1.20 bits per heavy atom. The summed E-state index contributed by atoms with van der Waals surface area (Å²) in [6.07, 6.45) is 5.07. The zero-order valence-corrected chi connectivity index (χ0v) is 26.4. The van der Waals surface area contributed by atoms with Crippen LogP contribution in [-0.2, 0) is 19.8 Å². The number of rotatable bonds is 9. The summed E-state index contributed by atoms with van der Waals surface area (Å²) in [6, 6.07) is 28.7. The molecule has 0 saturated carbocycles. The lowest BCUT2D eigenvalue weighted by atomic mass is 9.68. The van der Waals surface area contributed by atoms with Crippen LogP contribution in [0.2, 0.25) is 0 Å². The lowest BCUT2D eigenvalue weighted by Crippen LogP contribution is -2.56. The molecule has 0 spiro atoms. The number of nitrogens with zero attached hydrogens (tertiary/aromatic N) is 3. The largest absolute Gasteiger partial charge is 0.354 e. The SMILES string of the molecule is CCN1CCC[C@H](CNC(=O)[C@H]2CCCN2C(=O)[C@@H]2CCCN2C(=O)C(c2ccccc2)(c2ccccc2)c2ccccc2)C1. The number of nitrogens with one attached hydrogen (secondary N) is 1. The first kappa shape index (κ1) is 31.0. The van der Waals surface area contributed by atoms with Crippen molar-refractivity contribution in [3.63, 3.8) is 0 Å². The van der Waals surface area contributed by atoms with Gasteiger partial charge in [-0.2, -0.15) is 0 Å². The molecule has 3 saturated heterocycles. The number of likely N-dealkylation sites (tertiary alicyclic amines) is 3. The maximum atomic E-state index is 15.2. The van der Waals surface area contributed by atoms with Gasteiger partial charge in [0.1, 0.15) is 17.5 Å². The predicted octanol–water partition coefficient (Wildman–Crippen LogP) is 4.85. The van der Waals surface area contributed by atoms with Crippen LogP contribution in [0.5, 0.6) is 0 Å². The van der Waals surface area contributed by atoms with Crippen LogP contribution < -0.4 is 5.32 Å². The fourth-order valence-corrected chi connectivity index (χ4v) is 7.88. The highest BCUT2D eigenvalue weighted by molar-refractivity contribution is 6.00. The summed E-state index contributed by atoms with van der Waals surface area (Å²) in [6.45, 7) is 7.05. The fraction of sp³-hybridized carbons (Fsp3) is 0.447. The molecule has 3 atom stereocenters. The summed E-state index contributed by atoms with van der Waals surface area (Å²) in [4.78, 5) is 49.1. The van der Waals surface area contributed by atoms with E-state index in [-0.39, 0.29) is 17.7 Å². The van der Waals surface area contributed by atoms with Gasteiger partial charge in [-0.1, -0.05) is 97.9 Å². The van der Waals surface area contributed by atoms with Crippen molar-refractivity contribution in [3.8, 4) is 0 Å². The summed E-state index contributed by atoms with van der Waals surface area (Å²) in [5, 5.41) is 3.20. The Morgan fingerprint density at radius 3 is 1.76 bits per heavy atom. The molecule has 3 heterocycles. The molecular weight excluding hydrogens is 560 g/mol. The third kappa shape index (κ3) is 6.15. The molecule has 6 rings (SSSR count). The predicted molar refractivity (Wildman–Crippen MR) is 177 cm³/mol. The first-order chi connectivity index (χ1) is 22.0. The highest BCUT2D eigenvalue weighted by Gasteiger charge is 2.51. The smallest absolute Gasteiger partial charge is 0.246 e. The molecular formula is C38H46N4O3. The fourth-order valence-electron chi connectivity index (χ4n) is 7.88. The average Bonchev–Trinajstić information content (AvgIpc) is 3.80. The molecule has 0 bridgehead atoms. The number of carbonyl (C=O) groups is 3. The first-order valence-corrected chi connectivity index (χ1v) is 16.8. The van der Waals surface area contributed by atoms with Crippen LogP contribution in [-0.4, -0.2) is 83.8 Å². The quantitative estimate of drug-likeness (QED) is 0.354. The van der Waals surface area contributed by atoms with E-state index in [9.17, 15) is 9.59 Å². The van der Waals surface area contributed by atoms with Crippen molar-refractivity contribution in [2.75, 3.05) is 39.3 Å².